The molecular formula is C18H19F4N3. The molecule has 0 aliphatic carbocycles. The minimum absolute atomic E-state index is 0.00711. The summed E-state index contributed by atoms with van der Waals surface area (Å²) in [6.07, 6.45) is -4.49. The lowest BCUT2D eigenvalue weighted by Crippen LogP contribution is -2.13. The fraction of sp³-hybridized carbons (Fsp3) is 0.278. The van der Waals surface area contributed by atoms with Gasteiger partial charge in [0.05, 0.1) is 23.1 Å². The number of para-hydroxylation sites is 1. The fourth-order valence-electron chi connectivity index (χ4n) is 2.56. The molecule has 0 amide bonds. The van der Waals surface area contributed by atoms with Crippen molar-refractivity contribution in [3.63, 3.8) is 0 Å². The molecule has 0 atom stereocenters. The van der Waals surface area contributed by atoms with Crippen LogP contribution in [0, 0.1) is 5.82 Å². The summed E-state index contributed by atoms with van der Waals surface area (Å²) < 4.78 is 54.3. The zero-order valence-corrected chi connectivity index (χ0v) is 13.9. The van der Waals surface area contributed by atoms with Crippen molar-refractivity contribution in [3.8, 4) is 0 Å². The number of imidazole rings is 1. The van der Waals surface area contributed by atoms with E-state index in [0.717, 1.165) is 6.07 Å². The Hall–Kier alpha value is -2.41. The number of fused-ring (bicyclic) bond motifs is 1. The SMILES string of the molecule is CC.NCc1nc2cccc(C(F)(F)F)c2n1Cc1ccc(F)cc1. The molecule has 0 spiro atoms. The Balaban J connectivity index is 0.00000109. The normalized spacial score (nSPS) is 11.3. The Labute approximate surface area is 143 Å². The number of alkyl halides is 3. The molecule has 0 aliphatic rings. The molecular weight excluding hydrogens is 334 g/mol. The molecule has 0 radical (unpaired) electrons. The average molecular weight is 353 g/mol. The number of hydrogen-bond acceptors (Lipinski definition) is 2. The molecule has 25 heavy (non-hydrogen) atoms. The van der Waals surface area contributed by atoms with E-state index in [-0.39, 0.29) is 24.1 Å². The third kappa shape index (κ3) is 3.99. The number of hydrogen-bond donors (Lipinski definition) is 1. The van der Waals surface area contributed by atoms with Crippen molar-refractivity contribution < 1.29 is 17.6 Å². The Kier molecular flexibility index (Phi) is 5.79. The van der Waals surface area contributed by atoms with Crippen LogP contribution < -0.4 is 5.73 Å². The zero-order valence-electron chi connectivity index (χ0n) is 13.9. The van der Waals surface area contributed by atoms with Crippen LogP contribution in [0.2, 0.25) is 0 Å². The van der Waals surface area contributed by atoms with Crippen LogP contribution in [-0.2, 0) is 19.3 Å². The van der Waals surface area contributed by atoms with Gasteiger partial charge in [-0.2, -0.15) is 13.2 Å². The Morgan fingerprint density at radius 3 is 2.24 bits per heavy atom. The summed E-state index contributed by atoms with van der Waals surface area (Å²) in [7, 11) is 0. The van der Waals surface area contributed by atoms with Crippen molar-refractivity contribution in [2.24, 2.45) is 5.73 Å². The number of aromatic nitrogens is 2. The van der Waals surface area contributed by atoms with E-state index < -0.39 is 17.6 Å². The molecule has 2 aromatic carbocycles. The lowest BCUT2D eigenvalue weighted by atomic mass is 10.1. The highest BCUT2D eigenvalue weighted by atomic mass is 19.4. The van der Waals surface area contributed by atoms with E-state index in [9.17, 15) is 17.6 Å². The lowest BCUT2D eigenvalue weighted by Gasteiger charge is -2.13. The summed E-state index contributed by atoms with van der Waals surface area (Å²) in [6.45, 7) is 4.14. The van der Waals surface area contributed by atoms with Crippen LogP contribution in [0.5, 0.6) is 0 Å². The first-order chi connectivity index (χ1) is 11.9. The van der Waals surface area contributed by atoms with E-state index in [1.807, 2.05) is 13.8 Å². The van der Waals surface area contributed by atoms with E-state index in [1.54, 1.807) is 0 Å². The molecule has 1 aromatic heterocycles. The van der Waals surface area contributed by atoms with Crippen molar-refractivity contribution in [2.45, 2.75) is 33.1 Å². The smallest absolute Gasteiger partial charge is 0.324 e. The molecule has 0 saturated carbocycles. The van der Waals surface area contributed by atoms with Crippen LogP contribution in [-0.4, -0.2) is 9.55 Å². The number of nitrogens with two attached hydrogens (primary N) is 1. The van der Waals surface area contributed by atoms with Crippen LogP contribution in [0.1, 0.15) is 30.8 Å². The molecule has 3 aromatic rings. The Morgan fingerprint density at radius 2 is 1.68 bits per heavy atom. The molecule has 2 N–H and O–H groups in total. The van der Waals surface area contributed by atoms with Crippen molar-refractivity contribution in [2.75, 3.05) is 0 Å². The van der Waals surface area contributed by atoms with Crippen molar-refractivity contribution >= 4 is 11.0 Å². The average Bonchev–Trinajstić information content (AvgIpc) is 2.95. The number of halogens is 4. The first-order valence-corrected chi connectivity index (χ1v) is 7.90. The zero-order chi connectivity index (χ0) is 18.6. The second-order valence-electron chi connectivity index (χ2n) is 5.12. The quantitative estimate of drug-likeness (QED) is 0.692. The van der Waals surface area contributed by atoms with Gasteiger partial charge in [-0.15, -0.1) is 0 Å². The maximum Gasteiger partial charge on any atom is 0.418 e. The molecule has 7 heteroatoms. The van der Waals surface area contributed by atoms with Crippen LogP contribution in [0.15, 0.2) is 42.5 Å². The van der Waals surface area contributed by atoms with E-state index in [2.05, 4.69) is 4.98 Å². The standard InChI is InChI=1S/C16H13F4N3.C2H6/c17-11-6-4-10(5-7-11)9-23-14(8-21)22-13-3-1-2-12(15(13)23)16(18,19)20;1-2/h1-7H,8-9,21H2;1-2H3. The van der Waals surface area contributed by atoms with E-state index >= 15 is 0 Å². The minimum atomic E-state index is -4.49. The summed E-state index contributed by atoms with van der Waals surface area (Å²) >= 11 is 0. The Morgan fingerprint density at radius 1 is 1.04 bits per heavy atom. The van der Waals surface area contributed by atoms with Gasteiger partial charge in [-0.1, -0.05) is 32.0 Å². The molecule has 134 valence electrons. The first-order valence-electron chi connectivity index (χ1n) is 7.90. The van der Waals surface area contributed by atoms with Crippen molar-refractivity contribution in [1.82, 2.24) is 9.55 Å². The highest BCUT2D eigenvalue weighted by Crippen LogP contribution is 2.35. The van der Waals surface area contributed by atoms with Gasteiger partial charge < -0.3 is 10.3 Å². The monoisotopic (exact) mass is 353 g/mol. The second-order valence-corrected chi connectivity index (χ2v) is 5.12. The highest BCUT2D eigenvalue weighted by Gasteiger charge is 2.34. The maximum atomic E-state index is 13.3. The third-order valence-electron chi connectivity index (χ3n) is 3.59. The van der Waals surface area contributed by atoms with Crippen LogP contribution in [0.4, 0.5) is 17.6 Å². The predicted molar refractivity (Wildman–Crippen MR) is 89.5 cm³/mol. The topological polar surface area (TPSA) is 43.8 Å². The van der Waals surface area contributed by atoms with Gasteiger partial charge >= 0.3 is 6.18 Å². The minimum Gasteiger partial charge on any atom is -0.324 e. The van der Waals surface area contributed by atoms with Crippen LogP contribution in [0.3, 0.4) is 0 Å². The van der Waals surface area contributed by atoms with E-state index in [1.165, 1.54) is 41.0 Å². The number of benzene rings is 2. The highest BCUT2D eigenvalue weighted by molar-refractivity contribution is 5.80. The van der Waals surface area contributed by atoms with Gasteiger partial charge in [0.2, 0.25) is 0 Å². The molecule has 0 unspecified atom stereocenters. The van der Waals surface area contributed by atoms with Gasteiger partial charge in [0.15, 0.2) is 0 Å². The van der Waals surface area contributed by atoms with Gasteiger partial charge in [0.25, 0.3) is 0 Å². The second kappa shape index (κ2) is 7.65. The largest absolute Gasteiger partial charge is 0.418 e. The van der Waals surface area contributed by atoms with Gasteiger partial charge in [-0.3, -0.25) is 0 Å². The van der Waals surface area contributed by atoms with Gasteiger partial charge in [0.1, 0.15) is 11.6 Å². The molecule has 3 nitrogen and oxygen atoms in total. The molecule has 0 bridgehead atoms. The third-order valence-corrected chi connectivity index (χ3v) is 3.59. The van der Waals surface area contributed by atoms with Crippen LogP contribution in [0.25, 0.3) is 11.0 Å². The maximum absolute atomic E-state index is 13.3. The summed E-state index contributed by atoms with van der Waals surface area (Å²) in [4.78, 5) is 4.18. The van der Waals surface area contributed by atoms with Crippen molar-refractivity contribution in [1.29, 1.82) is 0 Å². The fourth-order valence-corrected chi connectivity index (χ4v) is 2.56. The predicted octanol–water partition coefficient (Wildman–Crippen LogP) is 4.73. The summed E-state index contributed by atoms with van der Waals surface area (Å²) in [5.41, 5.74) is 5.76. The van der Waals surface area contributed by atoms with E-state index in [0.29, 0.717) is 11.4 Å². The van der Waals surface area contributed by atoms with Crippen molar-refractivity contribution in [3.05, 3.63) is 65.2 Å². The number of nitrogens with zero attached hydrogens (tertiary/aromatic N) is 2. The molecule has 1 heterocycles. The summed E-state index contributed by atoms with van der Waals surface area (Å²) in [5, 5.41) is 0. The van der Waals surface area contributed by atoms with Gasteiger partial charge in [0, 0.05) is 6.54 Å². The van der Waals surface area contributed by atoms with E-state index in [4.69, 9.17) is 5.73 Å². The molecule has 0 aliphatic heterocycles. The molecule has 3 rings (SSSR count). The molecule has 0 saturated heterocycles. The number of rotatable bonds is 3. The van der Waals surface area contributed by atoms with Crippen LogP contribution >= 0.6 is 0 Å². The molecule has 0 fully saturated rings. The van der Waals surface area contributed by atoms with Gasteiger partial charge in [-0.25, -0.2) is 9.37 Å². The summed E-state index contributed by atoms with van der Waals surface area (Å²) in [6, 6.07) is 9.44. The lowest BCUT2D eigenvalue weighted by molar-refractivity contribution is -0.136. The Bertz CT molecular complexity index is 836. The summed E-state index contributed by atoms with van der Waals surface area (Å²) in [5.74, 6) is -0.0553. The first kappa shape index (κ1) is 18.9. The van der Waals surface area contributed by atoms with Gasteiger partial charge in [-0.05, 0) is 29.8 Å².